The molecular formula is C10H23N3O. The lowest BCUT2D eigenvalue weighted by Gasteiger charge is -2.24. The minimum absolute atomic E-state index is 0.0318. The minimum atomic E-state index is 0.0318. The van der Waals surface area contributed by atoms with Gasteiger partial charge in [-0.2, -0.15) is 0 Å². The Kier molecular flexibility index (Phi) is 6.28. The van der Waals surface area contributed by atoms with E-state index in [-0.39, 0.29) is 12.1 Å². The highest BCUT2D eigenvalue weighted by Crippen LogP contribution is 1.91. The molecule has 0 aliphatic heterocycles. The third-order valence-electron chi connectivity index (χ3n) is 2.06. The molecule has 0 spiro atoms. The zero-order valence-electron chi connectivity index (χ0n) is 10.0. The van der Waals surface area contributed by atoms with E-state index < -0.39 is 0 Å². The summed E-state index contributed by atoms with van der Waals surface area (Å²) >= 11 is 0. The number of hydrogen-bond donors (Lipinski definition) is 1. The monoisotopic (exact) mass is 201 g/mol. The fraction of sp³-hybridized carbons (Fsp3) is 0.900. The van der Waals surface area contributed by atoms with E-state index in [1.807, 2.05) is 34.9 Å². The first-order chi connectivity index (χ1) is 6.51. The zero-order valence-corrected chi connectivity index (χ0v) is 10.0. The van der Waals surface area contributed by atoms with Gasteiger partial charge in [-0.1, -0.05) is 0 Å². The van der Waals surface area contributed by atoms with E-state index in [2.05, 4.69) is 10.2 Å². The topological polar surface area (TPSA) is 35.6 Å². The largest absolute Gasteiger partial charge is 0.334 e. The number of likely N-dealkylation sites (N-methyl/N-ethyl adjacent to an activating group) is 1. The highest BCUT2D eigenvalue weighted by molar-refractivity contribution is 5.74. The molecular weight excluding hydrogens is 178 g/mol. The quantitative estimate of drug-likeness (QED) is 0.720. The first kappa shape index (κ1) is 13.2. The van der Waals surface area contributed by atoms with Gasteiger partial charge in [0.1, 0.15) is 0 Å². The highest BCUT2D eigenvalue weighted by Gasteiger charge is 2.12. The molecule has 0 radical (unpaired) electrons. The molecule has 0 aromatic rings. The SMILES string of the molecule is CCN(CC)C(=O)NC(C)CN(C)C. The molecule has 4 heteroatoms. The summed E-state index contributed by atoms with van der Waals surface area (Å²) in [5.74, 6) is 0. The van der Waals surface area contributed by atoms with Gasteiger partial charge >= 0.3 is 6.03 Å². The summed E-state index contributed by atoms with van der Waals surface area (Å²) in [4.78, 5) is 15.4. The summed E-state index contributed by atoms with van der Waals surface area (Å²) in [6.07, 6.45) is 0. The zero-order chi connectivity index (χ0) is 11.1. The van der Waals surface area contributed by atoms with Crippen molar-refractivity contribution in [1.29, 1.82) is 0 Å². The van der Waals surface area contributed by atoms with Gasteiger partial charge in [0, 0.05) is 25.7 Å². The molecule has 1 N–H and O–H groups in total. The van der Waals surface area contributed by atoms with Crippen LogP contribution in [0.4, 0.5) is 4.79 Å². The number of nitrogens with zero attached hydrogens (tertiary/aromatic N) is 2. The molecule has 0 aliphatic carbocycles. The van der Waals surface area contributed by atoms with Gasteiger partial charge in [0.15, 0.2) is 0 Å². The fourth-order valence-electron chi connectivity index (χ4n) is 1.41. The Morgan fingerprint density at radius 1 is 1.29 bits per heavy atom. The van der Waals surface area contributed by atoms with Gasteiger partial charge in [-0.05, 0) is 34.9 Å². The van der Waals surface area contributed by atoms with Gasteiger partial charge in [0.2, 0.25) is 0 Å². The number of rotatable bonds is 5. The highest BCUT2D eigenvalue weighted by atomic mass is 16.2. The van der Waals surface area contributed by atoms with Crippen molar-refractivity contribution in [3.05, 3.63) is 0 Å². The minimum Gasteiger partial charge on any atom is -0.334 e. The molecule has 0 fully saturated rings. The normalized spacial score (nSPS) is 12.7. The number of carbonyl (C=O) groups is 1. The number of amides is 2. The van der Waals surface area contributed by atoms with Crippen molar-refractivity contribution in [1.82, 2.24) is 15.1 Å². The average molecular weight is 201 g/mol. The van der Waals surface area contributed by atoms with Crippen LogP contribution in [0.25, 0.3) is 0 Å². The molecule has 1 atom stereocenters. The maximum atomic E-state index is 11.6. The van der Waals surface area contributed by atoms with Crippen LogP contribution < -0.4 is 5.32 Å². The van der Waals surface area contributed by atoms with Gasteiger partial charge in [-0.25, -0.2) is 4.79 Å². The Morgan fingerprint density at radius 3 is 2.14 bits per heavy atom. The van der Waals surface area contributed by atoms with Crippen molar-refractivity contribution in [2.24, 2.45) is 0 Å². The first-order valence-electron chi connectivity index (χ1n) is 5.21. The summed E-state index contributed by atoms with van der Waals surface area (Å²) in [5.41, 5.74) is 0. The van der Waals surface area contributed by atoms with Crippen LogP contribution in [0.2, 0.25) is 0 Å². The standard InChI is InChI=1S/C10H23N3O/c1-6-13(7-2)10(14)11-9(3)8-12(4)5/h9H,6-8H2,1-5H3,(H,11,14). The maximum absolute atomic E-state index is 11.6. The third-order valence-corrected chi connectivity index (χ3v) is 2.06. The van der Waals surface area contributed by atoms with E-state index >= 15 is 0 Å². The van der Waals surface area contributed by atoms with Crippen LogP contribution in [0.1, 0.15) is 20.8 Å². The van der Waals surface area contributed by atoms with Crippen LogP contribution in [-0.2, 0) is 0 Å². The Morgan fingerprint density at radius 2 is 1.79 bits per heavy atom. The number of carbonyl (C=O) groups excluding carboxylic acids is 1. The summed E-state index contributed by atoms with van der Waals surface area (Å²) in [6, 6.07) is 0.224. The molecule has 0 saturated carbocycles. The van der Waals surface area contributed by atoms with E-state index in [1.165, 1.54) is 0 Å². The van der Waals surface area contributed by atoms with E-state index in [1.54, 1.807) is 4.90 Å². The molecule has 4 nitrogen and oxygen atoms in total. The second kappa shape index (κ2) is 6.65. The molecule has 0 aliphatic rings. The smallest absolute Gasteiger partial charge is 0.317 e. The van der Waals surface area contributed by atoms with Gasteiger partial charge in [0.05, 0.1) is 0 Å². The fourth-order valence-corrected chi connectivity index (χ4v) is 1.41. The maximum Gasteiger partial charge on any atom is 0.317 e. The second-order valence-corrected chi connectivity index (χ2v) is 3.79. The van der Waals surface area contributed by atoms with Crippen LogP contribution in [0.5, 0.6) is 0 Å². The molecule has 0 bridgehead atoms. The Labute approximate surface area is 87.3 Å². The van der Waals surface area contributed by atoms with Crippen LogP contribution >= 0.6 is 0 Å². The first-order valence-corrected chi connectivity index (χ1v) is 5.21. The van der Waals surface area contributed by atoms with Gasteiger partial charge < -0.3 is 15.1 Å². The lowest BCUT2D eigenvalue weighted by atomic mass is 10.3. The summed E-state index contributed by atoms with van der Waals surface area (Å²) < 4.78 is 0. The number of nitrogens with one attached hydrogen (secondary N) is 1. The predicted molar refractivity (Wildman–Crippen MR) is 59.5 cm³/mol. The van der Waals surface area contributed by atoms with Crippen LogP contribution in [0.15, 0.2) is 0 Å². The van der Waals surface area contributed by atoms with E-state index in [0.717, 1.165) is 19.6 Å². The van der Waals surface area contributed by atoms with Crippen molar-refractivity contribution < 1.29 is 4.79 Å². The second-order valence-electron chi connectivity index (χ2n) is 3.79. The van der Waals surface area contributed by atoms with Crippen molar-refractivity contribution in [2.75, 3.05) is 33.7 Å². The Hall–Kier alpha value is -0.770. The predicted octanol–water partition coefficient (Wildman–Crippen LogP) is 0.988. The van der Waals surface area contributed by atoms with Crippen molar-refractivity contribution in [3.8, 4) is 0 Å². The molecule has 0 aromatic heterocycles. The molecule has 84 valence electrons. The molecule has 14 heavy (non-hydrogen) atoms. The molecule has 0 rings (SSSR count). The summed E-state index contributed by atoms with van der Waals surface area (Å²) in [5, 5.41) is 2.96. The third kappa shape index (κ3) is 5.07. The molecule has 0 saturated heterocycles. The van der Waals surface area contributed by atoms with E-state index in [0.29, 0.717) is 0 Å². The van der Waals surface area contributed by atoms with Crippen molar-refractivity contribution in [2.45, 2.75) is 26.8 Å². The van der Waals surface area contributed by atoms with Gasteiger partial charge in [-0.3, -0.25) is 0 Å². The van der Waals surface area contributed by atoms with Crippen LogP contribution in [-0.4, -0.2) is 55.6 Å². The molecule has 0 aromatic carbocycles. The van der Waals surface area contributed by atoms with E-state index in [9.17, 15) is 4.79 Å². The molecule has 0 heterocycles. The van der Waals surface area contributed by atoms with Crippen molar-refractivity contribution in [3.63, 3.8) is 0 Å². The van der Waals surface area contributed by atoms with Crippen molar-refractivity contribution >= 4 is 6.03 Å². The summed E-state index contributed by atoms with van der Waals surface area (Å²) in [7, 11) is 4.00. The van der Waals surface area contributed by atoms with E-state index in [4.69, 9.17) is 0 Å². The number of hydrogen-bond acceptors (Lipinski definition) is 2. The van der Waals surface area contributed by atoms with Crippen LogP contribution in [0.3, 0.4) is 0 Å². The average Bonchev–Trinajstić information content (AvgIpc) is 2.04. The van der Waals surface area contributed by atoms with Gasteiger partial charge in [-0.15, -0.1) is 0 Å². The molecule has 2 amide bonds. The number of urea groups is 1. The lowest BCUT2D eigenvalue weighted by molar-refractivity contribution is 0.197. The van der Waals surface area contributed by atoms with Gasteiger partial charge in [0.25, 0.3) is 0 Å². The molecule has 1 unspecified atom stereocenters. The Balaban J connectivity index is 3.91. The Bertz CT molecular complexity index is 167. The van der Waals surface area contributed by atoms with Crippen LogP contribution in [0, 0.1) is 0 Å². The lowest BCUT2D eigenvalue weighted by Crippen LogP contribution is -2.46. The summed E-state index contributed by atoms with van der Waals surface area (Å²) in [6.45, 7) is 8.38.